The molecule has 5 amide bonds. The Morgan fingerprint density at radius 1 is 0.977 bits per heavy atom. The van der Waals surface area contributed by atoms with Crippen LogP contribution in [0.1, 0.15) is 31.4 Å². The van der Waals surface area contributed by atoms with Crippen LogP contribution < -0.4 is 29.7 Å². The standard InChI is InChI=1S/C31H29BrClN3O7/c1-4-12-42-26-11-9-21(16-27(26)41-5-2)36-30(39)22(29(38)35-31(36)40)13-19-7-10-25(23(32)14-19)43-17-28(37)34-20-8-6-18(3)24(33)15-20/h6-11,13-16H,4-5,12,17H2,1-3H3,(H,34,37)(H,35,38,40)/b22-13+. The van der Waals surface area contributed by atoms with E-state index in [0.29, 0.717) is 51.2 Å². The summed E-state index contributed by atoms with van der Waals surface area (Å²) in [6.45, 7) is 6.18. The first kappa shape index (κ1) is 31.6. The number of ether oxygens (including phenoxy) is 3. The largest absolute Gasteiger partial charge is 0.490 e. The first-order valence-corrected chi connectivity index (χ1v) is 14.6. The van der Waals surface area contributed by atoms with E-state index in [0.717, 1.165) is 16.9 Å². The highest BCUT2D eigenvalue weighted by Gasteiger charge is 2.37. The molecule has 43 heavy (non-hydrogen) atoms. The first-order valence-electron chi connectivity index (χ1n) is 13.4. The molecule has 1 heterocycles. The summed E-state index contributed by atoms with van der Waals surface area (Å²) in [6.07, 6.45) is 2.15. The zero-order chi connectivity index (χ0) is 31.1. The molecule has 1 saturated heterocycles. The first-order chi connectivity index (χ1) is 20.6. The summed E-state index contributed by atoms with van der Waals surface area (Å²) in [6, 6.07) is 13.8. The van der Waals surface area contributed by atoms with Gasteiger partial charge in [0.05, 0.1) is 23.4 Å². The molecule has 1 aliphatic rings. The van der Waals surface area contributed by atoms with Gasteiger partial charge in [-0.1, -0.05) is 30.7 Å². The maximum Gasteiger partial charge on any atom is 0.335 e. The molecule has 0 saturated carbocycles. The zero-order valence-electron chi connectivity index (χ0n) is 23.7. The molecule has 0 aromatic heterocycles. The molecule has 12 heteroatoms. The van der Waals surface area contributed by atoms with Gasteiger partial charge in [0, 0.05) is 16.8 Å². The lowest BCUT2D eigenvalue weighted by Gasteiger charge is -2.27. The Morgan fingerprint density at radius 3 is 2.44 bits per heavy atom. The number of nitrogens with zero attached hydrogens (tertiary/aromatic N) is 1. The summed E-state index contributed by atoms with van der Waals surface area (Å²) in [4.78, 5) is 52.0. The van der Waals surface area contributed by atoms with Crippen LogP contribution in [0.2, 0.25) is 5.02 Å². The minimum absolute atomic E-state index is 0.212. The third-order valence-electron chi connectivity index (χ3n) is 6.13. The fourth-order valence-electron chi connectivity index (χ4n) is 4.03. The summed E-state index contributed by atoms with van der Waals surface area (Å²) in [5, 5.41) is 5.46. The normalized spacial score (nSPS) is 14.0. The van der Waals surface area contributed by atoms with Crippen molar-refractivity contribution in [3.05, 3.63) is 80.8 Å². The number of barbiturate groups is 1. The number of anilines is 2. The molecule has 1 fully saturated rings. The number of nitrogens with one attached hydrogen (secondary N) is 2. The van der Waals surface area contributed by atoms with Gasteiger partial charge < -0.3 is 19.5 Å². The Balaban J connectivity index is 1.49. The lowest BCUT2D eigenvalue weighted by molar-refractivity contribution is -0.122. The van der Waals surface area contributed by atoms with Crippen molar-refractivity contribution in [2.45, 2.75) is 27.2 Å². The molecule has 1 aliphatic heterocycles. The molecular weight excluding hydrogens is 642 g/mol. The minimum atomic E-state index is -0.882. The van der Waals surface area contributed by atoms with Gasteiger partial charge in [-0.25, -0.2) is 9.69 Å². The summed E-state index contributed by atoms with van der Waals surface area (Å²) >= 11 is 9.51. The Labute approximate surface area is 262 Å². The highest BCUT2D eigenvalue weighted by molar-refractivity contribution is 9.10. The van der Waals surface area contributed by atoms with Crippen LogP contribution in [-0.2, 0) is 14.4 Å². The molecule has 0 unspecified atom stereocenters. The van der Waals surface area contributed by atoms with Crippen molar-refractivity contribution in [3.63, 3.8) is 0 Å². The van der Waals surface area contributed by atoms with Crippen molar-refractivity contribution < 1.29 is 33.4 Å². The summed E-state index contributed by atoms with van der Waals surface area (Å²) in [5.74, 6) is -0.805. The van der Waals surface area contributed by atoms with Gasteiger partial charge in [0.1, 0.15) is 11.3 Å². The van der Waals surface area contributed by atoms with Crippen molar-refractivity contribution in [1.29, 1.82) is 0 Å². The van der Waals surface area contributed by atoms with E-state index in [1.807, 2.05) is 13.8 Å². The van der Waals surface area contributed by atoms with Gasteiger partial charge in [-0.15, -0.1) is 0 Å². The Kier molecular flexibility index (Phi) is 10.4. The average Bonchev–Trinajstić information content (AvgIpc) is 2.96. The van der Waals surface area contributed by atoms with Crippen molar-refractivity contribution in [2.75, 3.05) is 30.0 Å². The maximum atomic E-state index is 13.4. The van der Waals surface area contributed by atoms with Crippen molar-refractivity contribution >= 4 is 68.7 Å². The second kappa shape index (κ2) is 14.2. The van der Waals surface area contributed by atoms with E-state index >= 15 is 0 Å². The van der Waals surface area contributed by atoms with Gasteiger partial charge >= 0.3 is 6.03 Å². The van der Waals surface area contributed by atoms with Crippen LogP contribution in [-0.4, -0.2) is 43.6 Å². The monoisotopic (exact) mass is 669 g/mol. The molecule has 2 N–H and O–H groups in total. The van der Waals surface area contributed by atoms with Crippen molar-refractivity contribution in [1.82, 2.24) is 5.32 Å². The number of benzene rings is 3. The number of imide groups is 2. The van der Waals surface area contributed by atoms with Gasteiger partial charge in [0.25, 0.3) is 17.7 Å². The van der Waals surface area contributed by atoms with E-state index < -0.39 is 17.8 Å². The Hall–Kier alpha value is -4.35. The molecule has 4 rings (SSSR count). The summed E-state index contributed by atoms with van der Waals surface area (Å²) in [5.41, 5.74) is 1.88. The fourth-order valence-corrected chi connectivity index (χ4v) is 4.72. The van der Waals surface area contributed by atoms with Crippen LogP contribution in [0, 0.1) is 6.92 Å². The van der Waals surface area contributed by atoms with Crippen LogP contribution in [0.25, 0.3) is 6.08 Å². The Morgan fingerprint density at radius 2 is 1.74 bits per heavy atom. The van der Waals surface area contributed by atoms with Gasteiger partial charge in [-0.2, -0.15) is 0 Å². The highest BCUT2D eigenvalue weighted by Crippen LogP contribution is 2.34. The molecule has 0 spiro atoms. The van der Waals surface area contributed by atoms with Crippen molar-refractivity contribution in [2.24, 2.45) is 0 Å². The minimum Gasteiger partial charge on any atom is -0.490 e. The zero-order valence-corrected chi connectivity index (χ0v) is 26.0. The quantitative estimate of drug-likeness (QED) is 0.182. The summed E-state index contributed by atoms with van der Waals surface area (Å²) in [7, 11) is 0. The highest BCUT2D eigenvalue weighted by atomic mass is 79.9. The van der Waals surface area contributed by atoms with Gasteiger partial charge in [-0.3, -0.25) is 19.7 Å². The lowest BCUT2D eigenvalue weighted by Crippen LogP contribution is -2.54. The lowest BCUT2D eigenvalue weighted by atomic mass is 10.1. The second-order valence-corrected chi connectivity index (χ2v) is 10.6. The van der Waals surface area contributed by atoms with Crippen LogP contribution in [0.15, 0.2) is 64.6 Å². The number of urea groups is 1. The van der Waals surface area contributed by atoms with Crippen LogP contribution >= 0.6 is 27.5 Å². The van der Waals surface area contributed by atoms with E-state index in [4.69, 9.17) is 25.8 Å². The molecule has 0 radical (unpaired) electrons. The average molecular weight is 671 g/mol. The predicted molar refractivity (Wildman–Crippen MR) is 167 cm³/mol. The number of halogens is 2. The Bertz CT molecular complexity index is 1610. The molecule has 3 aromatic carbocycles. The molecule has 0 bridgehead atoms. The van der Waals surface area contributed by atoms with Crippen LogP contribution in [0.4, 0.5) is 16.2 Å². The fraction of sp³-hybridized carbons (Fsp3) is 0.226. The molecular formula is C31H29BrClN3O7. The second-order valence-electron chi connectivity index (χ2n) is 9.36. The van der Waals surface area contributed by atoms with Crippen molar-refractivity contribution in [3.8, 4) is 17.2 Å². The smallest absolute Gasteiger partial charge is 0.335 e. The molecule has 0 aliphatic carbocycles. The van der Waals surface area contributed by atoms with Gasteiger partial charge in [0.15, 0.2) is 18.1 Å². The third kappa shape index (κ3) is 7.74. The van der Waals surface area contributed by atoms with E-state index in [9.17, 15) is 19.2 Å². The van der Waals surface area contributed by atoms with E-state index in [1.165, 1.54) is 12.1 Å². The molecule has 224 valence electrons. The third-order valence-corrected chi connectivity index (χ3v) is 7.16. The topological polar surface area (TPSA) is 123 Å². The molecule has 0 atom stereocenters. The van der Waals surface area contributed by atoms with E-state index in [2.05, 4.69) is 26.6 Å². The van der Waals surface area contributed by atoms with E-state index in [1.54, 1.807) is 55.5 Å². The number of hydrogen-bond acceptors (Lipinski definition) is 7. The summed E-state index contributed by atoms with van der Waals surface area (Å²) < 4.78 is 17.5. The number of rotatable bonds is 11. The predicted octanol–water partition coefficient (Wildman–Crippen LogP) is 6.28. The number of carbonyl (C=O) groups is 4. The number of amides is 5. The van der Waals surface area contributed by atoms with Gasteiger partial charge in [0.2, 0.25) is 0 Å². The SMILES string of the molecule is CCCOc1ccc(N2C(=O)NC(=O)/C(=C\c3ccc(OCC(=O)Nc4ccc(C)c(Cl)c4)c(Br)c3)C2=O)cc1OCC. The van der Waals surface area contributed by atoms with E-state index in [-0.39, 0.29) is 23.8 Å². The number of aryl methyl sites for hydroxylation is 1. The maximum absolute atomic E-state index is 13.4. The number of hydrogen-bond donors (Lipinski definition) is 2. The van der Waals surface area contributed by atoms with Gasteiger partial charge in [-0.05, 0) is 89.8 Å². The van der Waals surface area contributed by atoms with Crippen LogP contribution in [0.3, 0.4) is 0 Å². The van der Waals surface area contributed by atoms with Crippen LogP contribution in [0.5, 0.6) is 17.2 Å². The molecule has 10 nitrogen and oxygen atoms in total. The molecule has 3 aromatic rings. The number of carbonyl (C=O) groups excluding carboxylic acids is 4.